The Balaban J connectivity index is 0.000000298. The minimum Gasteiger partial charge on any atom is -0.475 e. The van der Waals surface area contributed by atoms with Crippen LogP contribution >= 0.6 is 0 Å². The lowest BCUT2D eigenvalue weighted by molar-refractivity contribution is -0.192. The first-order chi connectivity index (χ1) is 11.9. The normalized spacial score (nSPS) is 24.2. The molecule has 11 heteroatoms. The summed E-state index contributed by atoms with van der Waals surface area (Å²) in [6.07, 6.45) is -1.91. The minimum atomic E-state index is -5.08. The number of rotatable bonds is 3. The fourth-order valence-corrected chi connectivity index (χ4v) is 4.59. The molecule has 0 aromatic carbocycles. The van der Waals surface area contributed by atoms with E-state index in [1.54, 1.807) is 4.31 Å². The molecule has 26 heavy (non-hydrogen) atoms. The molecule has 0 spiro atoms. The molecule has 148 valence electrons. The predicted molar refractivity (Wildman–Crippen MR) is 85.9 cm³/mol. The van der Waals surface area contributed by atoms with Crippen LogP contribution in [0, 0.1) is 6.92 Å². The number of hydrogen-bond acceptors (Lipinski definition) is 5. The SMILES string of the molecule is Cc1ccc(CN2CC[C@@H]3[C@@H]2CCN3S(C)(=O)=O)o1.O=C(O)C(F)(F)F. The Kier molecular flexibility index (Phi) is 6.03. The number of carbonyl (C=O) groups is 1. The maximum Gasteiger partial charge on any atom is 0.490 e. The van der Waals surface area contributed by atoms with Crippen LogP contribution in [-0.4, -0.2) is 66.3 Å². The van der Waals surface area contributed by atoms with E-state index < -0.39 is 22.2 Å². The van der Waals surface area contributed by atoms with E-state index in [2.05, 4.69) is 4.90 Å². The highest BCUT2D eigenvalue weighted by molar-refractivity contribution is 7.88. The third-order valence-electron chi connectivity index (χ3n) is 4.46. The number of likely N-dealkylation sites (tertiary alicyclic amines) is 1. The summed E-state index contributed by atoms with van der Waals surface area (Å²) in [5.74, 6) is -0.863. The fraction of sp³-hybridized carbons (Fsp3) is 0.667. The summed E-state index contributed by atoms with van der Waals surface area (Å²) < 4.78 is 62.5. The average Bonchev–Trinajstić information content (AvgIpc) is 3.15. The van der Waals surface area contributed by atoms with Gasteiger partial charge in [0.2, 0.25) is 10.0 Å². The van der Waals surface area contributed by atoms with Crippen LogP contribution in [0.3, 0.4) is 0 Å². The zero-order valence-electron chi connectivity index (χ0n) is 14.4. The maximum atomic E-state index is 11.7. The molecule has 7 nitrogen and oxygen atoms in total. The standard InChI is InChI=1S/C13H20N2O3S.C2HF3O2/c1-10-3-4-11(18-10)9-14-7-5-13-12(14)6-8-15(13)19(2,16)17;3-2(4,5)1(6)7/h3-4,12-13H,5-9H2,1-2H3;(H,6,7)/t12-,13+;/m0./s1. The first-order valence-corrected chi connectivity index (χ1v) is 9.80. The van der Waals surface area contributed by atoms with Gasteiger partial charge in [0.1, 0.15) is 11.5 Å². The van der Waals surface area contributed by atoms with Crippen LogP contribution in [0.5, 0.6) is 0 Å². The van der Waals surface area contributed by atoms with Crippen LogP contribution in [0.2, 0.25) is 0 Å². The van der Waals surface area contributed by atoms with Crippen molar-refractivity contribution in [2.24, 2.45) is 0 Å². The van der Waals surface area contributed by atoms with Crippen molar-refractivity contribution in [2.75, 3.05) is 19.3 Å². The number of sulfonamides is 1. The molecule has 1 aromatic heterocycles. The molecule has 1 N–H and O–H groups in total. The Labute approximate surface area is 149 Å². The van der Waals surface area contributed by atoms with Crippen LogP contribution < -0.4 is 0 Å². The van der Waals surface area contributed by atoms with E-state index in [1.807, 2.05) is 19.1 Å². The minimum absolute atomic E-state index is 0.158. The van der Waals surface area contributed by atoms with Crippen LogP contribution in [0.1, 0.15) is 24.4 Å². The third-order valence-corrected chi connectivity index (χ3v) is 5.77. The van der Waals surface area contributed by atoms with Crippen LogP contribution in [0.15, 0.2) is 16.5 Å². The summed E-state index contributed by atoms with van der Waals surface area (Å²) in [6.45, 7) is 4.33. The number of carboxylic acid groups (broad SMARTS) is 1. The molecule has 3 rings (SSSR count). The van der Waals surface area contributed by atoms with Gasteiger partial charge in [0.15, 0.2) is 0 Å². The second-order valence-electron chi connectivity index (χ2n) is 6.37. The zero-order valence-corrected chi connectivity index (χ0v) is 15.2. The number of nitrogens with zero attached hydrogens (tertiary/aromatic N) is 2. The molecular weight excluding hydrogens is 377 g/mol. The topological polar surface area (TPSA) is 91.1 Å². The van der Waals surface area contributed by atoms with Crippen molar-refractivity contribution in [2.45, 2.75) is 44.6 Å². The molecule has 0 saturated carbocycles. The smallest absolute Gasteiger partial charge is 0.475 e. The number of hydrogen-bond donors (Lipinski definition) is 1. The summed E-state index contributed by atoms with van der Waals surface area (Å²) in [4.78, 5) is 11.3. The van der Waals surface area contributed by atoms with Gasteiger partial charge in [-0.3, -0.25) is 4.90 Å². The lowest BCUT2D eigenvalue weighted by Crippen LogP contribution is -2.38. The predicted octanol–water partition coefficient (Wildman–Crippen LogP) is 1.83. The number of furan rings is 1. The van der Waals surface area contributed by atoms with Crippen molar-refractivity contribution >= 4 is 16.0 Å². The second-order valence-corrected chi connectivity index (χ2v) is 8.31. The monoisotopic (exact) mass is 398 g/mol. The number of alkyl halides is 3. The van der Waals surface area contributed by atoms with Gasteiger partial charge in [-0.05, 0) is 31.9 Å². The van der Waals surface area contributed by atoms with Crippen LogP contribution in [-0.2, 0) is 21.4 Å². The van der Waals surface area contributed by atoms with Gasteiger partial charge >= 0.3 is 12.1 Å². The van der Waals surface area contributed by atoms with E-state index in [1.165, 1.54) is 6.26 Å². The molecule has 2 aliphatic heterocycles. The number of aryl methyl sites for hydroxylation is 1. The van der Waals surface area contributed by atoms with Crippen LogP contribution in [0.4, 0.5) is 13.2 Å². The van der Waals surface area contributed by atoms with Gasteiger partial charge in [-0.2, -0.15) is 17.5 Å². The summed E-state index contributed by atoms with van der Waals surface area (Å²) in [7, 11) is -3.07. The summed E-state index contributed by atoms with van der Waals surface area (Å²) in [5.41, 5.74) is 0. The first kappa shape index (κ1) is 20.7. The van der Waals surface area contributed by atoms with E-state index >= 15 is 0 Å². The molecule has 2 aliphatic rings. The Morgan fingerprint density at radius 1 is 1.27 bits per heavy atom. The molecule has 0 aliphatic carbocycles. The number of carboxylic acids is 1. The third kappa shape index (κ3) is 4.98. The summed E-state index contributed by atoms with van der Waals surface area (Å²) in [6, 6.07) is 4.48. The molecule has 2 fully saturated rings. The summed E-state index contributed by atoms with van der Waals surface area (Å²) >= 11 is 0. The summed E-state index contributed by atoms with van der Waals surface area (Å²) in [5, 5.41) is 7.12. The lowest BCUT2D eigenvalue weighted by Gasteiger charge is -2.23. The average molecular weight is 398 g/mol. The van der Waals surface area contributed by atoms with E-state index in [0.29, 0.717) is 12.6 Å². The molecule has 0 bridgehead atoms. The zero-order chi connectivity index (χ0) is 19.7. The second kappa shape index (κ2) is 7.57. The van der Waals surface area contributed by atoms with Gasteiger partial charge in [0, 0.05) is 25.2 Å². The maximum absolute atomic E-state index is 11.7. The Morgan fingerprint density at radius 2 is 1.85 bits per heavy atom. The van der Waals surface area contributed by atoms with Gasteiger partial charge in [-0.15, -0.1) is 0 Å². The Hall–Kier alpha value is -1.59. The molecular formula is C15H21F3N2O5S. The highest BCUT2D eigenvalue weighted by Gasteiger charge is 2.45. The Morgan fingerprint density at radius 3 is 2.31 bits per heavy atom. The van der Waals surface area contributed by atoms with E-state index in [0.717, 1.165) is 37.5 Å². The largest absolute Gasteiger partial charge is 0.490 e. The van der Waals surface area contributed by atoms with E-state index in [9.17, 15) is 21.6 Å². The van der Waals surface area contributed by atoms with Crippen LogP contribution in [0.25, 0.3) is 0 Å². The molecule has 0 radical (unpaired) electrons. The highest BCUT2D eigenvalue weighted by atomic mass is 32.2. The van der Waals surface area contributed by atoms with Crippen molar-refractivity contribution in [3.63, 3.8) is 0 Å². The molecule has 2 saturated heterocycles. The molecule has 1 aromatic rings. The van der Waals surface area contributed by atoms with Crippen molar-refractivity contribution in [3.05, 3.63) is 23.7 Å². The molecule has 0 unspecified atom stereocenters. The van der Waals surface area contributed by atoms with E-state index in [4.69, 9.17) is 14.3 Å². The van der Waals surface area contributed by atoms with E-state index in [-0.39, 0.29) is 6.04 Å². The van der Waals surface area contributed by atoms with Crippen molar-refractivity contribution in [3.8, 4) is 0 Å². The number of aliphatic carboxylic acids is 1. The fourth-order valence-electron chi connectivity index (χ4n) is 3.41. The molecule has 0 amide bonds. The van der Waals surface area contributed by atoms with Crippen molar-refractivity contribution < 1.29 is 35.9 Å². The Bertz CT molecular complexity index is 747. The highest BCUT2D eigenvalue weighted by Crippen LogP contribution is 2.34. The van der Waals surface area contributed by atoms with Crippen molar-refractivity contribution in [1.82, 2.24) is 9.21 Å². The molecule has 3 heterocycles. The van der Waals surface area contributed by atoms with Gasteiger partial charge in [0.05, 0.1) is 12.8 Å². The van der Waals surface area contributed by atoms with Gasteiger partial charge in [-0.1, -0.05) is 0 Å². The van der Waals surface area contributed by atoms with Gasteiger partial charge in [0.25, 0.3) is 0 Å². The molecule has 2 atom stereocenters. The van der Waals surface area contributed by atoms with Gasteiger partial charge in [-0.25, -0.2) is 13.2 Å². The number of fused-ring (bicyclic) bond motifs is 1. The van der Waals surface area contributed by atoms with Crippen molar-refractivity contribution in [1.29, 1.82) is 0 Å². The lowest BCUT2D eigenvalue weighted by atomic mass is 10.1. The first-order valence-electron chi connectivity index (χ1n) is 7.96. The quantitative estimate of drug-likeness (QED) is 0.835. The number of halogens is 3. The van der Waals surface area contributed by atoms with Gasteiger partial charge < -0.3 is 9.52 Å².